The number of carbonyl (C=O) groups excluding carboxylic acids is 1. The molecule has 1 aliphatic heterocycles. The van der Waals surface area contributed by atoms with Gasteiger partial charge in [-0.2, -0.15) is 4.31 Å². The van der Waals surface area contributed by atoms with Crippen LogP contribution in [0.25, 0.3) is 0 Å². The predicted molar refractivity (Wildman–Crippen MR) is 112 cm³/mol. The van der Waals surface area contributed by atoms with Gasteiger partial charge >= 0.3 is 0 Å². The van der Waals surface area contributed by atoms with Crippen LogP contribution in [0.2, 0.25) is 0 Å². The van der Waals surface area contributed by atoms with Crippen molar-refractivity contribution in [3.05, 3.63) is 24.3 Å². The zero-order valence-electron chi connectivity index (χ0n) is 17.6. The topological polar surface area (TPSA) is 92.3 Å². The van der Waals surface area contributed by atoms with Crippen LogP contribution >= 0.6 is 0 Å². The molecule has 1 amide bonds. The van der Waals surface area contributed by atoms with E-state index >= 15 is 0 Å². The van der Waals surface area contributed by atoms with Gasteiger partial charge in [0, 0.05) is 24.7 Å². The number of amides is 1. The number of nitrogens with two attached hydrogens (primary N) is 1. The van der Waals surface area contributed by atoms with E-state index in [-0.39, 0.29) is 16.8 Å². The van der Waals surface area contributed by atoms with Crippen molar-refractivity contribution < 1.29 is 23.3 Å². The Balaban J connectivity index is 1.58. The zero-order valence-corrected chi connectivity index (χ0v) is 18.5. The molecule has 29 heavy (non-hydrogen) atoms. The van der Waals surface area contributed by atoms with Crippen LogP contribution in [0.5, 0.6) is 0 Å². The maximum absolute atomic E-state index is 12.7. The molecule has 2 aliphatic rings. The van der Waals surface area contributed by atoms with Crippen molar-refractivity contribution >= 4 is 21.6 Å². The Morgan fingerprint density at radius 1 is 1.17 bits per heavy atom. The third kappa shape index (κ3) is 5.36. The molecule has 1 aliphatic carbocycles. The van der Waals surface area contributed by atoms with Crippen LogP contribution in [-0.2, 0) is 19.6 Å². The Labute approximate surface area is 174 Å². The summed E-state index contributed by atoms with van der Waals surface area (Å²) in [7, 11) is -3.52. The molecule has 0 aromatic heterocycles. The van der Waals surface area contributed by atoms with Crippen molar-refractivity contribution in [1.82, 2.24) is 4.31 Å². The Hall–Kier alpha value is -1.48. The molecule has 7 nitrogen and oxygen atoms in total. The summed E-state index contributed by atoms with van der Waals surface area (Å²) in [6, 6.07) is 6.70. The van der Waals surface area contributed by atoms with E-state index in [1.165, 1.54) is 17.1 Å². The van der Waals surface area contributed by atoms with Crippen LogP contribution < -0.4 is 10.6 Å². The number of nitrogens with one attached hydrogen (secondary N) is 1. The fourth-order valence-corrected chi connectivity index (χ4v) is 5.66. The lowest BCUT2D eigenvalue weighted by atomic mass is 9.78. The van der Waals surface area contributed by atoms with Crippen LogP contribution in [0.3, 0.4) is 0 Å². The van der Waals surface area contributed by atoms with Gasteiger partial charge in [-0.15, -0.1) is 0 Å². The number of quaternary nitrogens is 1. The van der Waals surface area contributed by atoms with Crippen molar-refractivity contribution in [3.63, 3.8) is 0 Å². The number of sulfonamides is 1. The summed E-state index contributed by atoms with van der Waals surface area (Å²) in [6.45, 7) is 8.07. The molecule has 1 saturated carbocycles. The van der Waals surface area contributed by atoms with E-state index in [1.54, 1.807) is 24.3 Å². The van der Waals surface area contributed by atoms with Crippen molar-refractivity contribution in [1.29, 1.82) is 0 Å². The highest BCUT2D eigenvalue weighted by molar-refractivity contribution is 7.89. The maximum atomic E-state index is 12.7. The molecule has 0 spiro atoms. The highest BCUT2D eigenvalue weighted by Crippen LogP contribution is 2.27. The highest BCUT2D eigenvalue weighted by Gasteiger charge is 2.32. The van der Waals surface area contributed by atoms with E-state index in [0.717, 1.165) is 6.42 Å². The van der Waals surface area contributed by atoms with Crippen molar-refractivity contribution in [2.45, 2.75) is 57.0 Å². The molecule has 8 heteroatoms. The van der Waals surface area contributed by atoms with Crippen molar-refractivity contribution in [2.24, 2.45) is 11.8 Å². The molecular formula is C21H34N3O4S+. The van der Waals surface area contributed by atoms with Crippen LogP contribution in [0.15, 0.2) is 29.2 Å². The van der Waals surface area contributed by atoms with Crippen molar-refractivity contribution in [3.8, 4) is 0 Å². The third-order valence-electron chi connectivity index (χ3n) is 6.45. The smallest absolute Gasteiger partial charge is 0.282 e. The molecule has 1 aromatic carbocycles. The van der Waals surface area contributed by atoms with Gasteiger partial charge in [0.25, 0.3) is 5.91 Å². The molecule has 0 bridgehead atoms. The van der Waals surface area contributed by atoms with Gasteiger partial charge in [-0.25, -0.2) is 8.42 Å². The van der Waals surface area contributed by atoms with Gasteiger partial charge in [0.05, 0.1) is 24.2 Å². The van der Waals surface area contributed by atoms with Gasteiger partial charge in [0.1, 0.15) is 0 Å². The standard InChI is InChI=1S/C21H33N3O4S/c1-15-5-4-6-20(16(15)2)22-17(3)21(25)23-18-7-9-19(10-8-18)29(26,27)24-11-13-28-14-12-24/h7-10,15-17,20,22H,4-6,11-14H2,1-3H3,(H,23,25)/p+1/t15-,16+,17-,20-/m0/s1. The first-order valence-corrected chi connectivity index (χ1v) is 12.1. The Morgan fingerprint density at radius 2 is 1.83 bits per heavy atom. The number of rotatable bonds is 6. The molecule has 0 radical (unpaired) electrons. The molecule has 1 aromatic rings. The van der Waals surface area contributed by atoms with Crippen LogP contribution in [0, 0.1) is 11.8 Å². The van der Waals surface area contributed by atoms with Crippen LogP contribution in [0.1, 0.15) is 40.0 Å². The van der Waals surface area contributed by atoms with E-state index in [0.29, 0.717) is 49.9 Å². The van der Waals surface area contributed by atoms with Gasteiger partial charge in [0.2, 0.25) is 10.0 Å². The molecular weight excluding hydrogens is 390 g/mol. The average Bonchev–Trinajstić information content (AvgIpc) is 2.72. The van der Waals surface area contributed by atoms with E-state index in [4.69, 9.17) is 4.74 Å². The average molecular weight is 425 g/mol. The lowest BCUT2D eigenvalue weighted by Crippen LogP contribution is -2.97. The van der Waals surface area contributed by atoms with Gasteiger partial charge in [-0.1, -0.05) is 13.8 Å². The minimum absolute atomic E-state index is 0.0563. The fourth-order valence-electron chi connectivity index (χ4n) is 4.26. The number of carbonyl (C=O) groups is 1. The lowest BCUT2D eigenvalue weighted by Gasteiger charge is -2.33. The number of ether oxygens (including phenoxy) is 1. The second kappa shape index (κ2) is 9.55. The summed E-state index contributed by atoms with van der Waals surface area (Å²) < 4.78 is 32.0. The highest BCUT2D eigenvalue weighted by atomic mass is 32.2. The Morgan fingerprint density at radius 3 is 2.48 bits per heavy atom. The predicted octanol–water partition coefficient (Wildman–Crippen LogP) is 1.42. The maximum Gasteiger partial charge on any atom is 0.282 e. The molecule has 162 valence electrons. The second-order valence-electron chi connectivity index (χ2n) is 8.44. The molecule has 3 N–H and O–H groups in total. The normalized spacial score (nSPS) is 27.3. The third-order valence-corrected chi connectivity index (χ3v) is 8.36. The molecule has 1 heterocycles. The van der Waals surface area contributed by atoms with E-state index in [1.807, 2.05) is 6.92 Å². The number of anilines is 1. The van der Waals surface area contributed by atoms with Gasteiger partial charge in [0.15, 0.2) is 6.04 Å². The molecule has 3 rings (SSSR count). The summed E-state index contributed by atoms with van der Waals surface area (Å²) in [4.78, 5) is 12.9. The SMILES string of the molecule is C[C@H]1[C@@H]([NH2+][C@@H](C)C(=O)Nc2ccc(S(=O)(=O)N3CCOCC3)cc2)CCC[C@@H]1C. The Bertz CT molecular complexity index is 791. The number of hydrogen-bond acceptors (Lipinski definition) is 4. The van der Waals surface area contributed by atoms with Crippen LogP contribution in [-0.4, -0.2) is 57.0 Å². The number of hydrogen-bond donors (Lipinski definition) is 2. The molecule has 1 saturated heterocycles. The minimum atomic E-state index is -3.52. The van der Waals surface area contributed by atoms with E-state index in [9.17, 15) is 13.2 Å². The van der Waals surface area contributed by atoms with Crippen molar-refractivity contribution in [2.75, 3.05) is 31.6 Å². The Kier molecular flexibility index (Phi) is 7.32. The molecule has 4 atom stereocenters. The van der Waals surface area contributed by atoms with Crippen LogP contribution in [0.4, 0.5) is 5.69 Å². The summed E-state index contributed by atoms with van der Waals surface area (Å²) in [5.74, 6) is 1.24. The monoisotopic (exact) mass is 424 g/mol. The van der Waals surface area contributed by atoms with Gasteiger partial charge in [-0.05, 0) is 56.4 Å². The lowest BCUT2D eigenvalue weighted by molar-refractivity contribution is -0.715. The minimum Gasteiger partial charge on any atom is -0.379 e. The molecule has 0 unspecified atom stereocenters. The van der Waals surface area contributed by atoms with Gasteiger partial charge < -0.3 is 15.4 Å². The second-order valence-corrected chi connectivity index (χ2v) is 10.4. The summed E-state index contributed by atoms with van der Waals surface area (Å²) in [5, 5.41) is 5.10. The summed E-state index contributed by atoms with van der Waals surface area (Å²) in [6.07, 6.45) is 3.64. The van der Waals surface area contributed by atoms with E-state index in [2.05, 4.69) is 24.5 Å². The summed E-state index contributed by atoms with van der Waals surface area (Å²) in [5.41, 5.74) is 0.612. The number of nitrogens with zero attached hydrogens (tertiary/aromatic N) is 1. The fraction of sp³-hybridized carbons (Fsp3) is 0.667. The number of benzene rings is 1. The zero-order chi connectivity index (χ0) is 21.0. The largest absolute Gasteiger partial charge is 0.379 e. The molecule has 2 fully saturated rings. The van der Waals surface area contributed by atoms with Gasteiger partial charge in [-0.3, -0.25) is 4.79 Å². The first-order valence-electron chi connectivity index (χ1n) is 10.6. The van der Waals surface area contributed by atoms with E-state index < -0.39 is 10.0 Å². The number of morpholine rings is 1. The first kappa shape index (κ1) is 22.2. The first-order chi connectivity index (χ1) is 13.8. The summed E-state index contributed by atoms with van der Waals surface area (Å²) >= 11 is 0. The quantitative estimate of drug-likeness (QED) is 0.722.